The number of benzene rings is 2. The van der Waals surface area contributed by atoms with E-state index in [-0.39, 0.29) is 17.1 Å². The highest BCUT2D eigenvalue weighted by atomic mass is 35.5. The highest BCUT2D eigenvalue weighted by Crippen LogP contribution is 2.37. The van der Waals surface area contributed by atoms with Gasteiger partial charge in [-0.05, 0) is 42.8 Å². The Morgan fingerprint density at radius 1 is 0.968 bits per heavy atom. The van der Waals surface area contributed by atoms with Crippen LogP contribution in [0.2, 0.25) is 20.2 Å². The van der Waals surface area contributed by atoms with E-state index in [2.05, 4.69) is 14.9 Å². The number of halogens is 4. The molecule has 1 atom stereocenters. The van der Waals surface area contributed by atoms with Gasteiger partial charge in [-0.15, -0.1) is 0 Å². The molecule has 3 aromatic rings. The second-order valence-electron chi connectivity index (χ2n) is 7.23. The Kier molecular flexibility index (Phi) is 6.58. The zero-order chi connectivity index (χ0) is 22.1. The van der Waals surface area contributed by atoms with Gasteiger partial charge in [0.1, 0.15) is 11.5 Å². The second-order valence-corrected chi connectivity index (χ2v) is 8.87. The number of carbonyl (C=O) groups excluding carboxylic acids is 1. The van der Waals surface area contributed by atoms with Crippen LogP contribution in [0.5, 0.6) is 0 Å². The second kappa shape index (κ2) is 9.21. The fourth-order valence-electron chi connectivity index (χ4n) is 3.79. The Balaban J connectivity index is 1.70. The maximum Gasteiger partial charge on any atom is 0.258 e. The van der Waals surface area contributed by atoms with E-state index in [1.807, 2.05) is 36.4 Å². The third-order valence-corrected chi connectivity index (χ3v) is 6.42. The molecule has 2 aromatic carbocycles. The average molecular weight is 496 g/mol. The molecule has 1 fully saturated rings. The molecule has 1 aliphatic rings. The summed E-state index contributed by atoms with van der Waals surface area (Å²) in [6, 6.07) is 12.9. The summed E-state index contributed by atoms with van der Waals surface area (Å²) in [6.07, 6.45) is 1.35. The van der Waals surface area contributed by atoms with E-state index in [0.717, 1.165) is 11.3 Å². The monoisotopic (exact) mass is 494 g/mol. The summed E-state index contributed by atoms with van der Waals surface area (Å²) in [5.41, 5.74) is 2.75. The van der Waals surface area contributed by atoms with E-state index >= 15 is 0 Å². The van der Waals surface area contributed by atoms with Crippen LogP contribution in [0.4, 0.5) is 5.69 Å². The molecule has 160 valence electrons. The van der Waals surface area contributed by atoms with Gasteiger partial charge in [-0.2, -0.15) is 0 Å². The Morgan fingerprint density at radius 3 is 2.35 bits per heavy atom. The van der Waals surface area contributed by atoms with Crippen molar-refractivity contribution >= 4 is 58.0 Å². The van der Waals surface area contributed by atoms with Crippen molar-refractivity contribution in [3.05, 3.63) is 85.8 Å². The first-order valence-corrected chi connectivity index (χ1v) is 11.1. The van der Waals surface area contributed by atoms with Crippen molar-refractivity contribution in [3.8, 4) is 0 Å². The summed E-state index contributed by atoms with van der Waals surface area (Å²) in [5, 5.41) is 1.93. The van der Waals surface area contributed by atoms with Crippen molar-refractivity contribution in [2.75, 3.05) is 24.5 Å². The van der Waals surface area contributed by atoms with Crippen LogP contribution in [0, 0.1) is 6.92 Å². The molecule has 1 aliphatic heterocycles. The molecular weight excluding hydrogens is 478 g/mol. The number of aryl methyl sites for hydroxylation is 1. The minimum absolute atomic E-state index is 0.141. The molecule has 0 spiro atoms. The maximum absolute atomic E-state index is 13.3. The number of amides is 1. The molecule has 1 saturated heterocycles. The van der Waals surface area contributed by atoms with Crippen LogP contribution in [0.1, 0.15) is 27.7 Å². The zero-order valence-corrected chi connectivity index (χ0v) is 19.6. The van der Waals surface area contributed by atoms with Gasteiger partial charge in [0.2, 0.25) is 0 Å². The normalized spacial score (nSPS) is 16.5. The molecule has 0 bridgehead atoms. The molecule has 1 unspecified atom stereocenters. The van der Waals surface area contributed by atoms with Crippen molar-refractivity contribution in [1.29, 1.82) is 0 Å². The molecule has 9 heteroatoms. The van der Waals surface area contributed by atoms with Crippen molar-refractivity contribution < 1.29 is 4.79 Å². The minimum Gasteiger partial charge on any atom is -0.360 e. The molecule has 31 heavy (non-hydrogen) atoms. The molecule has 0 N–H and O–H groups in total. The highest BCUT2D eigenvalue weighted by Gasteiger charge is 2.33. The van der Waals surface area contributed by atoms with E-state index in [4.69, 9.17) is 46.4 Å². The fourth-order valence-corrected chi connectivity index (χ4v) is 4.69. The van der Waals surface area contributed by atoms with Gasteiger partial charge in [0, 0.05) is 29.7 Å². The van der Waals surface area contributed by atoms with Gasteiger partial charge in [-0.25, -0.2) is 9.97 Å². The molecular formula is C22H18Cl4N4O. The average Bonchev–Trinajstić information content (AvgIpc) is 2.74. The third kappa shape index (κ3) is 4.60. The predicted molar refractivity (Wildman–Crippen MR) is 126 cm³/mol. The molecule has 1 aromatic heterocycles. The molecule has 2 heterocycles. The third-order valence-electron chi connectivity index (χ3n) is 5.35. The van der Waals surface area contributed by atoms with E-state index in [0.29, 0.717) is 46.0 Å². The molecule has 1 amide bonds. The van der Waals surface area contributed by atoms with E-state index in [9.17, 15) is 4.79 Å². The fraction of sp³-hybridized carbons (Fsp3) is 0.227. The van der Waals surface area contributed by atoms with Crippen LogP contribution in [0.3, 0.4) is 0 Å². The first-order valence-electron chi connectivity index (χ1n) is 9.58. The van der Waals surface area contributed by atoms with Crippen LogP contribution < -0.4 is 4.90 Å². The van der Waals surface area contributed by atoms with Crippen LogP contribution in [0.25, 0.3) is 0 Å². The molecule has 4 rings (SSSR count). The van der Waals surface area contributed by atoms with Gasteiger partial charge in [-0.1, -0.05) is 58.5 Å². The largest absolute Gasteiger partial charge is 0.360 e. The smallest absolute Gasteiger partial charge is 0.258 e. The lowest BCUT2D eigenvalue weighted by atomic mass is 10.0. The number of carbonyl (C=O) groups is 1. The lowest BCUT2D eigenvalue weighted by molar-refractivity contribution is 0.0720. The van der Waals surface area contributed by atoms with Gasteiger partial charge in [0.15, 0.2) is 0 Å². The van der Waals surface area contributed by atoms with Crippen molar-refractivity contribution in [3.63, 3.8) is 0 Å². The summed E-state index contributed by atoms with van der Waals surface area (Å²) in [7, 11) is 0. The van der Waals surface area contributed by atoms with Gasteiger partial charge < -0.3 is 9.80 Å². The number of nitrogens with zero attached hydrogens (tertiary/aromatic N) is 4. The first-order chi connectivity index (χ1) is 14.8. The predicted octanol–water partition coefficient (Wildman–Crippen LogP) is 6.10. The van der Waals surface area contributed by atoms with Crippen LogP contribution in [-0.4, -0.2) is 40.4 Å². The van der Waals surface area contributed by atoms with Gasteiger partial charge in [0.25, 0.3) is 5.91 Å². The Hall–Kier alpha value is -2.05. The van der Waals surface area contributed by atoms with Crippen molar-refractivity contribution in [2.24, 2.45) is 0 Å². The van der Waals surface area contributed by atoms with Crippen LogP contribution >= 0.6 is 46.4 Å². The van der Waals surface area contributed by atoms with Crippen molar-refractivity contribution in [1.82, 2.24) is 14.9 Å². The molecule has 0 saturated carbocycles. The zero-order valence-electron chi connectivity index (χ0n) is 16.5. The Morgan fingerprint density at radius 2 is 1.68 bits per heavy atom. The quantitative estimate of drug-likeness (QED) is 0.412. The molecule has 0 radical (unpaired) electrons. The number of anilines is 1. The topological polar surface area (TPSA) is 49.3 Å². The summed E-state index contributed by atoms with van der Waals surface area (Å²) < 4.78 is 0. The lowest BCUT2D eigenvalue weighted by Gasteiger charge is -2.43. The molecule has 0 aliphatic carbocycles. The summed E-state index contributed by atoms with van der Waals surface area (Å²) in [4.78, 5) is 25.4. The van der Waals surface area contributed by atoms with E-state index in [1.54, 1.807) is 17.9 Å². The van der Waals surface area contributed by atoms with E-state index < -0.39 is 0 Å². The maximum atomic E-state index is 13.3. The SMILES string of the molecule is Cc1ncnc(Cl)c1C(=O)N1CCN(c2ccc(Cl)cc2Cl)C(c2ccc(Cl)cc2)C1. The lowest BCUT2D eigenvalue weighted by Crippen LogP contribution is -2.51. The van der Waals surface area contributed by atoms with Gasteiger partial charge in [-0.3, -0.25) is 4.79 Å². The number of rotatable bonds is 3. The summed E-state index contributed by atoms with van der Waals surface area (Å²) in [5.74, 6) is -0.191. The number of hydrogen-bond acceptors (Lipinski definition) is 4. The summed E-state index contributed by atoms with van der Waals surface area (Å²) in [6.45, 7) is 3.25. The van der Waals surface area contributed by atoms with Gasteiger partial charge in [0.05, 0.1) is 28.0 Å². The highest BCUT2D eigenvalue weighted by molar-refractivity contribution is 6.36. The Bertz CT molecular complexity index is 1100. The van der Waals surface area contributed by atoms with Crippen LogP contribution in [0.15, 0.2) is 48.8 Å². The first kappa shape index (κ1) is 22.2. The Labute approximate surface area is 200 Å². The van der Waals surface area contributed by atoms with Gasteiger partial charge >= 0.3 is 0 Å². The van der Waals surface area contributed by atoms with Crippen molar-refractivity contribution in [2.45, 2.75) is 13.0 Å². The minimum atomic E-state index is -0.191. The number of hydrogen-bond donors (Lipinski definition) is 0. The summed E-state index contributed by atoms with van der Waals surface area (Å²) >= 11 is 24.9. The van der Waals surface area contributed by atoms with E-state index in [1.165, 1.54) is 6.33 Å². The molecule has 5 nitrogen and oxygen atoms in total. The number of aromatic nitrogens is 2. The number of piperazine rings is 1. The van der Waals surface area contributed by atoms with Crippen LogP contribution in [-0.2, 0) is 0 Å². The standard InChI is InChI=1S/C22H18Cl4N4O/c1-13-20(21(26)28-12-27-13)22(31)29-8-9-30(18-7-6-16(24)10-17(18)25)19(11-29)14-2-4-15(23)5-3-14/h2-7,10,12,19H,8-9,11H2,1H3.